The van der Waals surface area contributed by atoms with E-state index in [1.54, 1.807) is 37.3 Å². The molecule has 0 spiro atoms. The van der Waals surface area contributed by atoms with E-state index >= 15 is 0 Å². The number of benzene rings is 3. The smallest absolute Gasteiger partial charge is 0.326 e. The Morgan fingerprint density at radius 1 is 0.781 bits per heavy atom. The third-order valence-electron chi connectivity index (χ3n) is 4.64. The molecule has 8 heteroatoms. The number of ether oxygens (including phenoxy) is 3. The van der Waals surface area contributed by atoms with Crippen LogP contribution in [0.25, 0.3) is 0 Å². The van der Waals surface area contributed by atoms with E-state index < -0.39 is 24.3 Å². The number of nitrogens with zero attached hydrogens (tertiary/aromatic N) is 1. The van der Waals surface area contributed by atoms with Crippen LogP contribution in [0.5, 0.6) is 23.0 Å². The Hall–Kier alpha value is -4.20. The number of hydrogen-bond acceptors (Lipinski definition) is 6. The van der Waals surface area contributed by atoms with Crippen molar-refractivity contribution in [3.8, 4) is 23.0 Å². The maximum atomic E-state index is 13.0. The minimum Gasteiger partial charge on any atom is -0.465 e. The molecule has 0 fully saturated rings. The van der Waals surface area contributed by atoms with E-state index in [4.69, 9.17) is 14.2 Å². The SMILES string of the molecule is CCOC(=O)CN1C(=O)c2ccc(Oc3ccc(Oc4ccc(F)cc4)cc3)cc2C1=O. The maximum Gasteiger partial charge on any atom is 0.326 e. The van der Waals surface area contributed by atoms with Gasteiger partial charge in [-0.2, -0.15) is 0 Å². The van der Waals surface area contributed by atoms with Gasteiger partial charge in [-0.3, -0.25) is 19.3 Å². The first kappa shape index (κ1) is 21.0. The molecule has 3 aromatic carbocycles. The lowest BCUT2D eigenvalue weighted by molar-refractivity contribution is -0.143. The average molecular weight is 435 g/mol. The summed E-state index contributed by atoms with van der Waals surface area (Å²) in [4.78, 5) is 37.6. The van der Waals surface area contributed by atoms with Crippen molar-refractivity contribution in [2.75, 3.05) is 13.2 Å². The highest BCUT2D eigenvalue weighted by Crippen LogP contribution is 2.31. The molecule has 32 heavy (non-hydrogen) atoms. The zero-order valence-electron chi connectivity index (χ0n) is 17.0. The molecule has 1 aliphatic rings. The summed E-state index contributed by atoms with van der Waals surface area (Å²) < 4.78 is 29.2. The molecule has 0 aromatic heterocycles. The molecule has 0 aliphatic carbocycles. The van der Waals surface area contributed by atoms with Gasteiger partial charge >= 0.3 is 5.97 Å². The van der Waals surface area contributed by atoms with Crippen LogP contribution in [0.4, 0.5) is 4.39 Å². The highest BCUT2D eigenvalue weighted by Gasteiger charge is 2.37. The minimum absolute atomic E-state index is 0.160. The molecule has 4 rings (SSSR count). The Balaban J connectivity index is 1.45. The van der Waals surface area contributed by atoms with Gasteiger partial charge in [0.1, 0.15) is 35.4 Å². The van der Waals surface area contributed by atoms with Crippen molar-refractivity contribution in [3.05, 3.63) is 83.7 Å². The molecule has 0 radical (unpaired) electrons. The Bertz CT molecular complexity index is 1170. The monoisotopic (exact) mass is 435 g/mol. The molecule has 1 aliphatic heterocycles. The molecule has 1 heterocycles. The maximum absolute atomic E-state index is 13.0. The van der Waals surface area contributed by atoms with E-state index in [2.05, 4.69) is 0 Å². The van der Waals surface area contributed by atoms with Gasteiger partial charge in [0.15, 0.2) is 0 Å². The van der Waals surface area contributed by atoms with Crippen molar-refractivity contribution in [2.24, 2.45) is 0 Å². The molecular weight excluding hydrogens is 417 g/mol. The highest BCUT2D eigenvalue weighted by molar-refractivity contribution is 6.22. The van der Waals surface area contributed by atoms with E-state index in [0.29, 0.717) is 23.0 Å². The fourth-order valence-corrected chi connectivity index (χ4v) is 3.16. The van der Waals surface area contributed by atoms with Gasteiger partial charge in [0, 0.05) is 0 Å². The second-order valence-corrected chi connectivity index (χ2v) is 6.84. The largest absolute Gasteiger partial charge is 0.465 e. The third-order valence-corrected chi connectivity index (χ3v) is 4.64. The molecule has 3 aromatic rings. The van der Waals surface area contributed by atoms with Crippen molar-refractivity contribution >= 4 is 17.8 Å². The average Bonchev–Trinajstić information content (AvgIpc) is 3.01. The van der Waals surface area contributed by atoms with Gasteiger partial charge in [-0.05, 0) is 73.7 Å². The molecule has 0 N–H and O–H groups in total. The van der Waals surface area contributed by atoms with Crippen molar-refractivity contribution in [1.82, 2.24) is 4.90 Å². The van der Waals surface area contributed by atoms with Gasteiger partial charge in [0.05, 0.1) is 17.7 Å². The molecule has 162 valence electrons. The van der Waals surface area contributed by atoms with Gasteiger partial charge in [-0.25, -0.2) is 4.39 Å². The van der Waals surface area contributed by atoms with Crippen molar-refractivity contribution < 1.29 is 33.0 Å². The Kier molecular flexibility index (Phi) is 5.85. The number of amides is 2. The summed E-state index contributed by atoms with van der Waals surface area (Å²) in [6.45, 7) is 1.37. The van der Waals surface area contributed by atoms with Gasteiger partial charge in [0.2, 0.25) is 0 Å². The number of esters is 1. The summed E-state index contributed by atoms with van der Waals surface area (Å²) in [7, 11) is 0. The van der Waals surface area contributed by atoms with Gasteiger partial charge in [-0.15, -0.1) is 0 Å². The number of fused-ring (bicyclic) bond motifs is 1. The van der Waals surface area contributed by atoms with E-state index in [1.165, 1.54) is 36.4 Å². The van der Waals surface area contributed by atoms with E-state index in [-0.39, 0.29) is 23.6 Å². The van der Waals surface area contributed by atoms with Crippen LogP contribution >= 0.6 is 0 Å². The minimum atomic E-state index is -0.651. The Morgan fingerprint density at radius 2 is 1.28 bits per heavy atom. The summed E-state index contributed by atoms with van der Waals surface area (Å²) in [5.74, 6) is -0.256. The van der Waals surface area contributed by atoms with Crippen LogP contribution in [0.3, 0.4) is 0 Å². The number of imide groups is 1. The van der Waals surface area contributed by atoms with Crippen molar-refractivity contribution in [1.29, 1.82) is 0 Å². The molecule has 0 saturated heterocycles. The first-order valence-corrected chi connectivity index (χ1v) is 9.82. The van der Waals surface area contributed by atoms with Crippen molar-refractivity contribution in [2.45, 2.75) is 6.92 Å². The summed E-state index contributed by atoms with van der Waals surface area (Å²) in [5, 5.41) is 0. The lowest BCUT2D eigenvalue weighted by Crippen LogP contribution is -2.35. The number of carbonyl (C=O) groups excluding carboxylic acids is 3. The molecule has 0 unspecified atom stereocenters. The fraction of sp³-hybridized carbons (Fsp3) is 0.125. The van der Waals surface area contributed by atoms with Crippen LogP contribution in [-0.4, -0.2) is 35.8 Å². The molecule has 0 atom stereocenters. The van der Waals surface area contributed by atoms with Crippen molar-refractivity contribution in [3.63, 3.8) is 0 Å². The summed E-state index contributed by atoms with van der Waals surface area (Å²) in [5.41, 5.74) is 0.364. The zero-order chi connectivity index (χ0) is 22.7. The Labute approximate surface area is 182 Å². The van der Waals surface area contributed by atoms with Gasteiger partial charge < -0.3 is 14.2 Å². The zero-order valence-corrected chi connectivity index (χ0v) is 17.0. The summed E-state index contributed by atoms with van der Waals surface area (Å²) in [6, 6.07) is 16.9. The van der Waals surface area contributed by atoms with Crippen LogP contribution in [0, 0.1) is 5.82 Å². The lowest BCUT2D eigenvalue weighted by Gasteiger charge is -2.12. The molecular formula is C24H18FNO6. The van der Waals surface area contributed by atoms with Gasteiger partial charge in [-0.1, -0.05) is 0 Å². The fourth-order valence-electron chi connectivity index (χ4n) is 3.16. The van der Waals surface area contributed by atoms with Crippen LogP contribution in [-0.2, 0) is 9.53 Å². The van der Waals surface area contributed by atoms with Gasteiger partial charge in [0.25, 0.3) is 11.8 Å². The summed E-state index contributed by atoms with van der Waals surface area (Å²) in [6.07, 6.45) is 0. The lowest BCUT2D eigenvalue weighted by atomic mass is 10.1. The molecule has 0 bridgehead atoms. The van der Waals surface area contributed by atoms with E-state index in [9.17, 15) is 18.8 Å². The third kappa shape index (κ3) is 4.44. The van der Waals surface area contributed by atoms with Crippen LogP contribution in [0.15, 0.2) is 66.7 Å². The Morgan fingerprint density at radius 3 is 1.88 bits per heavy atom. The van der Waals surface area contributed by atoms with Crippen LogP contribution in [0.2, 0.25) is 0 Å². The molecule has 7 nitrogen and oxygen atoms in total. The molecule has 0 saturated carbocycles. The normalized spacial score (nSPS) is 12.5. The quantitative estimate of drug-likeness (QED) is 0.399. The summed E-state index contributed by atoms with van der Waals surface area (Å²) >= 11 is 0. The predicted molar refractivity (Wildman–Crippen MR) is 111 cm³/mol. The number of hydrogen-bond donors (Lipinski definition) is 0. The predicted octanol–water partition coefficient (Wildman–Crippen LogP) is 4.57. The van der Waals surface area contributed by atoms with E-state index in [1.807, 2.05) is 0 Å². The number of carbonyl (C=O) groups is 3. The molecule has 2 amide bonds. The second kappa shape index (κ2) is 8.89. The van der Waals surface area contributed by atoms with Crippen LogP contribution in [0.1, 0.15) is 27.6 Å². The topological polar surface area (TPSA) is 82.1 Å². The second-order valence-electron chi connectivity index (χ2n) is 6.84. The standard InChI is InChI=1S/C24H18FNO6/c1-2-30-22(27)14-26-23(28)20-12-11-19(13-21(20)24(26)29)32-18-9-7-17(8-10-18)31-16-5-3-15(25)4-6-16/h3-13H,2,14H2,1H3. The first-order valence-electron chi connectivity index (χ1n) is 9.82. The highest BCUT2D eigenvalue weighted by atomic mass is 19.1. The van der Waals surface area contributed by atoms with E-state index in [0.717, 1.165) is 4.90 Å². The number of halogens is 1. The number of rotatable bonds is 7. The first-order chi connectivity index (χ1) is 15.4. The van der Waals surface area contributed by atoms with Crippen LogP contribution < -0.4 is 9.47 Å².